The molecule has 0 saturated carbocycles. The predicted molar refractivity (Wildman–Crippen MR) is 74.7 cm³/mol. The Balaban J connectivity index is 2.17. The molecule has 2 rings (SSSR count). The van der Waals surface area contributed by atoms with Gasteiger partial charge in [-0.1, -0.05) is 22.9 Å². The largest absolute Gasteiger partial charge is 0.494 e. The lowest BCUT2D eigenvalue weighted by Gasteiger charge is -2.18. The number of aryl methyl sites for hydroxylation is 1. The summed E-state index contributed by atoms with van der Waals surface area (Å²) >= 11 is 0. The highest BCUT2D eigenvalue weighted by Crippen LogP contribution is 2.26. The smallest absolute Gasteiger partial charge is 0.290 e. The van der Waals surface area contributed by atoms with E-state index in [0.717, 1.165) is 16.9 Å². The van der Waals surface area contributed by atoms with Crippen molar-refractivity contribution in [3.05, 3.63) is 47.3 Å². The molecular weight excluding hydrogens is 256 g/mol. The summed E-state index contributed by atoms with van der Waals surface area (Å²) in [6.45, 7) is 6.43. The van der Waals surface area contributed by atoms with Crippen molar-refractivity contribution in [1.29, 1.82) is 0 Å². The first-order valence-corrected chi connectivity index (χ1v) is 6.56. The number of nitrogens with one attached hydrogen (secondary N) is 1. The van der Waals surface area contributed by atoms with Gasteiger partial charge in [0.15, 0.2) is 0 Å². The third-order valence-electron chi connectivity index (χ3n) is 2.94. The molecule has 106 valence electrons. The summed E-state index contributed by atoms with van der Waals surface area (Å²) in [4.78, 5) is 12.0. The molecule has 1 aromatic heterocycles. The Morgan fingerprint density at radius 3 is 2.90 bits per heavy atom. The van der Waals surface area contributed by atoms with E-state index in [1.165, 1.54) is 12.3 Å². The molecule has 0 bridgehead atoms. The van der Waals surface area contributed by atoms with Gasteiger partial charge in [0.05, 0.1) is 18.8 Å². The van der Waals surface area contributed by atoms with Crippen LogP contribution in [0.3, 0.4) is 0 Å². The summed E-state index contributed by atoms with van der Waals surface area (Å²) in [5.41, 5.74) is 2.06. The number of rotatable bonds is 5. The monoisotopic (exact) mass is 274 g/mol. The number of ether oxygens (including phenoxy) is 1. The number of nitrogens with zero attached hydrogens (tertiary/aromatic N) is 1. The maximum atomic E-state index is 12.0. The first kappa shape index (κ1) is 14.1. The fourth-order valence-corrected chi connectivity index (χ4v) is 1.97. The van der Waals surface area contributed by atoms with Crippen molar-refractivity contribution in [2.24, 2.45) is 0 Å². The molecule has 1 amide bonds. The fraction of sp³-hybridized carbons (Fsp3) is 0.333. The average molecular weight is 274 g/mol. The maximum absolute atomic E-state index is 12.0. The standard InChI is InChI=1S/C15H18N2O3/c1-4-19-13-6-5-10(2)9-12(13)11(3)17-15(18)14-7-8-16-20-14/h5-9,11H,4H2,1-3H3,(H,17,18). The van der Waals surface area contributed by atoms with Crippen molar-refractivity contribution in [2.45, 2.75) is 26.8 Å². The van der Waals surface area contributed by atoms with Crippen molar-refractivity contribution < 1.29 is 14.1 Å². The first-order chi connectivity index (χ1) is 9.61. The summed E-state index contributed by atoms with van der Waals surface area (Å²) in [5.74, 6) is 0.685. The number of hydrogen-bond acceptors (Lipinski definition) is 4. The van der Waals surface area contributed by atoms with E-state index in [1.54, 1.807) is 0 Å². The van der Waals surface area contributed by atoms with Gasteiger partial charge >= 0.3 is 0 Å². The van der Waals surface area contributed by atoms with Crippen LogP contribution in [0.5, 0.6) is 5.75 Å². The van der Waals surface area contributed by atoms with Crippen LogP contribution in [0.2, 0.25) is 0 Å². The van der Waals surface area contributed by atoms with Crippen LogP contribution in [0, 0.1) is 6.92 Å². The molecule has 1 aromatic carbocycles. The first-order valence-electron chi connectivity index (χ1n) is 6.56. The Labute approximate surface area is 117 Å². The number of aromatic nitrogens is 1. The lowest BCUT2D eigenvalue weighted by molar-refractivity contribution is 0.0902. The van der Waals surface area contributed by atoms with Crippen LogP contribution in [0.1, 0.15) is 41.6 Å². The van der Waals surface area contributed by atoms with Gasteiger partial charge in [-0.25, -0.2) is 0 Å². The fourth-order valence-electron chi connectivity index (χ4n) is 1.97. The second-order valence-corrected chi connectivity index (χ2v) is 4.55. The van der Waals surface area contributed by atoms with Crippen molar-refractivity contribution >= 4 is 5.91 Å². The molecule has 0 radical (unpaired) electrons. The number of benzene rings is 1. The Hall–Kier alpha value is -2.30. The molecule has 0 aliphatic carbocycles. The third-order valence-corrected chi connectivity index (χ3v) is 2.94. The van der Waals surface area contributed by atoms with Crippen LogP contribution in [0.4, 0.5) is 0 Å². The minimum atomic E-state index is -0.293. The molecule has 1 N–H and O–H groups in total. The Kier molecular flexibility index (Phi) is 4.40. The van der Waals surface area contributed by atoms with Gasteiger partial charge in [-0.2, -0.15) is 0 Å². The summed E-state index contributed by atoms with van der Waals surface area (Å²) in [6, 6.07) is 7.26. The lowest BCUT2D eigenvalue weighted by Crippen LogP contribution is -2.26. The molecule has 2 aromatic rings. The Morgan fingerprint density at radius 2 is 2.25 bits per heavy atom. The van der Waals surface area contributed by atoms with Gasteiger partial charge in [0.2, 0.25) is 5.76 Å². The molecule has 0 aliphatic heterocycles. The van der Waals surface area contributed by atoms with Gasteiger partial charge < -0.3 is 14.6 Å². The van der Waals surface area contributed by atoms with Gasteiger partial charge in [-0.3, -0.25) is 4.79 Å². The van der Waals surface area contributed by atoms with Crippen LogP contribution >= 0.6 is 0 Å². The number of carbonyl (C=O) groups excluding carboxylic acids is 1. The van der Waals surface area contributed by atoms with E-state index in [-0.39, 0.29) is 17.7 Å². The number of hydrogen-bond donors (Lipinski definition) is 1. The average Bonchev–Trinajstić information content (AvgIpc) is 2.95. The quantitative estimate of drug-likeness (QED) is 0.910. The summed E-state index contributed by atoms with van der Waals surface area (Å²) in [5, 5.41) is 6.40. The normalized spacial score (nSPS) is 11.9. The molecule has 20 heavy (non-hydrogen) atoms. The van der Waals surface area contributed by atoms with Crippen LogP contribution in [0.15, 0.2) is 35.0 Å². The molecular formula is C15H18N2O3. The van der Waals surface area contributed by atoms with Crippen LogP contribution in [0.25, 0.3) is 0 Å². The van der Waals surface area contributed by atoms with E-state index >= 15 is 0 Å². The summed E-state index contributed by atoms with van der Waals surface area (Å²) in [6.07, 6.45) is 1.44. The molecule has 1 heterocycles. The van der Waals surface area contributed by atoms with E-state index in [9.17, 15) is 4.79 Å². The van der Waals surface area contributed by atoms with Crippen molar-refractivity contribution in [3.8, 4) is 5.75 Å². The van der Waals surface area contributed by atoms with Gasteiger partial charge in [-0.15, -0.1) is 0 Å². The highest BCUT2D eigenvalue weighted by molar-refractivity contribution is 5.91. The van der Waals surface area contributed by atoms with Crippen molar-refractivity contribution in [1.82, 2.24) is 10.5 Å². The predicted octanol–water partition coefficient (Wildman–Crippen LogP) is 2.87. The number of carbonyl (C=O) groups is 1. The Morgan fingerprint density at radius 1 is 1.45 bits per heavy atom. The SMILES string of the molecule is CCOc1ccc(C)cc1C(C)NC(=O)c1ccno1. The summed E-state index contributed by atoms with van der Waals surface area (Å²) in [7, 11) is 0. The van der Waals surface area contributed by atoms with Gasteiger partial charge in [0.25, 0.3) is 5.91 Å². The molecule has 1 unspecified atom stereocenters. The van der Waals surface area contributed by atoms with E-state index < -0.39 is 0 Å². The molecule has 1 atom stereocenters. The Bertz CT molecular complexity index is 579. The van der Waals surface area contributed by atoms with E-state index in [2.05, 4.69) is 10.5 Å². The molecule has 5 nitrogen and oxygen atoms in total. The minimum Gasteiger partial charge on any atom is -0.494 e. The second kappa shape index (κ2) is 6.23. The molecule has 0 saturated heterocycles. The highest BCUT2D eigenvalue weighted by Gasteiger charge is 2.17. The van der Waals surface area contributed by atoms with Crippen LogP contribution < -0.4 is 10.1 Å². The summed E-state index contributed by atoms with van der Waals surface area (Å²) < 4.78 is 10.4. The number of amides is 1. The van der Waals surface area contributed by atoms with Crippen molar-refractivity contribution in [3.63, 3.8) is 0 Å². The molecule has 0 aliphatic rings. The van der Waals surface area contributed by atoms with Gasteiger partial charge in [-0.05, 0) is 26.8 Å². The molecule has 5 heteroatoms. The minimum absolute atomic E-state index is 0.186. The van der Waals surface area contributed by atoms with E-state index in [4.69, 9.17) is 9.26 Å². The lowest BCUT2D eigenvalue weighted by atomic mass is 10.0. The zero-order valence-corrected chi connectivity index (χ0v) is 11.8. The second-order valence-electron chi connectivity index (χ2n) is 4.55. The zero-order chi connectivity index (χ0) is 14.5. The van der Waals surface area contributed by atoms with Gasteiger partial charge in [0, 0.05) is 11.6 Å². The highest BCUT2D eigenvalue weighted by atomic mass is 16.5. The van der Waals surface area contributed by atoms with Crippen LogP contribution in [-0.2, 0) is 0 Å². The zero-order valence-electron chi connectivity index (χ0n) is 11.8. The molecule has 0 spiro atoms. The van der Waals surface area contributed by atoms with Crippen molar-refractivity contribution in [2.75, 3.05) is 6.61 Å². The van der Waals surface area contributed by atoms with Gasteiger partial charge in [0.1, 0.15) is 5.75 Å². The van der Waals surface area contributed by atoms with E-state index in [0.29, 0.717) is 6.61 Å². The van der Waals surface area contributed by atoms with E-state index in [1.807, 2.05) is 39.0 Å². The topological polar surface area (TPSA) is 64.4 Å². The van der Waals surface area contributed by atoms with Crippen LogP contribution in [-0.4, -0.2) is 17.7 Å². The molecule has 0 fully saturated rings. The maximum Gasteiger partial charge on any atom is 0.290 e. The third kappa shape index (κ3) is 3.17.